The number of hydrogen-bond donors (Lipinski definition) is 7. The Labute approximate surface area is 568 Å². The molecule has 5 fully saturated rings. The number of ether oxygens (including phenoxy) is 7. The van der Waals surface area contributed by atoms with Gasteiger partial charge in [0, 0.05) is 131 Å². The maximum atomic E-state index is 13.9. The number of nitrogens with zero attached hydrogens (tertiary/aromatic N) is 4. The number of rotatable bonds is 48. The van der Waals surface area contributed by atoms with Crippen molar-refractivity contribution in [1.29, 1.82) is 0 Å². The molecule has 95 heavy (non-hydrogen) atoms. The molecule has 5 rings (SSSR count). The largest absolute Gasteiger partial charge is 0.480 e. The molecule has 1 heterocycles. The van der Waals surface area contributed by atoms with Gasteiger partial charge in [-0.15, -0.1) is 0 Å². The molecule has 0 radical (unpaired) electrons. The Morgan fingerprint density at radius 3 is 1.56 bits per heavy atom. The van der Waals surface area contributed by atoms with Gasteiger partial charge in [0.1, 0.15) is 0 Å². The van der Waals surface area contributed by atoms with Crippen LogP contribution in [0, 0.1) is 46.3 Å². The molecule has 1 saturated heterocycles. The number of urea groups is 1. The van der Waals surface area contributed by atoms with Crippen molar-refractivity contribution in [3.8, 4) is 0 Å². The quantitative estimate of drug-likeness (QED) is 0.0362. The Hall–Kier alpha value is -4.31. The van der Waals surface area contributed by atoms with Crippen LogP contribution in [-0.4, -0.2) is 267 Å². The summed E-state index contributed by atoms with van der Waals surface area (Å²) in [6.07, 6.45) is 18.7. The fraction of sp³-hybridized carbons (Fsp3) is 0.900. The number of carboxylic acids is 2. The Bertz CT molecular complexity index is 2220. The molecule has 0 aromatic rings. The van der Waals surface area contributed by atoms with Crippen LogP contribution in [0.3, 0.4) is 0 Å². The van der Waals surface area contributed by atoms with E-state index in [2.05, 4.69) is 54.3 Å². The number of carbonyl (C=O) groups excluding carboxylic acids is 5. The fourth-order valence-corrected chi connectivity index (χ4v) is 16.2. The molecule has 0 aromatic carbocycles. The number of hydrogen-bond acceptors (Lipinski definition) is 17. The number of nitrogens with one attached hydrogen (secondary N) is 5. The monoisotopic (exact) mass is 1350 g/mol. The maximum absolute atomic E-state index is 13.9. The van der Waals surface area contributed by atoms with Crippen LogP contribution in [0.2, 0.25) is 0 Å². The molecule has 4 saturated carbocycles. The van der Waals surface area contributed by atoms with E-state index in [1.807, 2.05) is 9.80 Å². The van der Waals surface area contributed by atoms with E-state index in [0.29, 0.717) is 193 Å². The molecule has 11 atom stereocenters. The van der Waals surface area contributed by atoms with Crippen molar-refractivity contribution in [3.63, 3.8) is 0 Å². The summed E-state index contributed by atoms with van der Waals surface area (Å²) in [5.41, 5.74) is -0.00663. The van der Waals surface area contributed by atoms with Crippen LogP contribution in [0.25, 0.3) is 0 Å². The molecule has 6 amide bonds. The molecular weight excluding hydrogens is 1220 g/mol. The minimum absolute atomic E-state index is 0.0207. The van der Waals surface area contributed by atoms with E-state index < -0.39 is 11.9 Å². The Morgan fingerprint density at radius 1 is 0.516 bits per heavy atom. The lowest BCUT2D eigenvalue weighted by Gasteiger charge is -2.65. The molecule has 25 nitrogen and oxygen atoms in total. The molecule has 0 spiro atoms. The highest BCUT2D eigenvalue weighted by atomic mass is 16.6. The average Bonchev–Trinajstić information content (AvgIpc) is 1.67. The smallest absolute Gasteiger partial charge is 0.317 e. The molecule has 548 valence electrons. The van der Waals surface area contributed by atoms with Crippen LogP contribution >= 0.6 is 0 Å². The van der Waals surface area contributed by atoms with Gasteiger partial charge in [-0.3, -0.25) is 43.5 Å². The predicted octanol–water partition coefficient (Wildman–Crippen LogP) is 5.66. The summed E-state index contributed by atoms with van der Waals surface area (Å²) >= 11 is 0. The lowest BCUT2D eigenvalue weighted by molar-refractivity contribution is -0.227. The molecule has 0 bridgehead atoms. The predicted molar refractivity (Wildman–Crippen MR) is 363 cm³/mol. The first kappa shape index (κ1) is 81.4. The van der Waals surface area contributed by atoms with E-state index in [-0.39, 0.29) is 78.4 Å². The second kappa shape index (κ2) is 45.4. The van der Waals surface area contributed by atoms with Crippen molar-refractivity contribution < 1.29 is 76.9 Å². The van der Waals surface area contributed by atoms with Gasteiger partial charge in [-0.1, -0.05) is 59.8 Å². The summed E-state index contributed by atoms with van der Waals surface area (Å²) in [6.45, 7) is 25.6. The van der Waals surface area contributed by atoms with E-state index in [0.717, 1.165) is 89.9 Å². The van der Waals surface area contributed by atoms with Gasteiger partial charge in [0.2, 0.25) is 23.6 Å². The molecule has 1 aliphatic heterocycles. The highest BCUT2D eigenvalue weighted by Gasteiger charge is 2.66. The van der Waals surface area contributed by atoms with Gasteiger partial charge in [0.25, 0.3) is 0 Å². The zero-order valence-electron chi connectivity index (χ0n) is 59.4. The molecule has 4 aliphatic carbocycles. The van der Waals surface area contributed by atoms with Gasteiger partial charge in [-0.2, -0.15) is 0 Å². The lowest BCUT2D eigenvalue weighted by Crippen LogP contribution is -2.63. The maximum Gasteiger partial charge on any atom is 0.317 e. The Kier molecular flexibility index (Phi) is 38.9. The van der Waals surface area contributed by atoms with Crippen LogP contribution in [0.4, 0.5) is 4.79 Å². The highest BCUT2D eigenvalue weighted by molar-refractivity contribution is 5.78. The van der Waals surface area contributed by atoms with Crippen LogP contribution in [0.1, 0.15) is 164 Å². The first-order chi connectivity index (χ1) is 45.7. The standard InChI is InChI=1S/C70H127N9O16/c1-8-9-10-11-12-13-28-79(68(88)75-27-40-90-42-44-92-46-45-91-43-41-89-39-26-74-64(83)50-76-30-32-77(51-65(84)85)34-35-78(33-31-76)52-66(86)87)29-14-18-53(2)59-19-20-60-67-61(49-63(70(59,60)7)95-38-17-25-73-56(5)82)69(6)22-21-58(93-36-15-23-71-54(3)80)47-57(69)48-62(67)94-37-16-24-72-55(4)81/h53,57-63,67H,8-52H2,1-7H3,(H,71,80)(H,72,81)(H,73,82)(H,74,83)(H,75,88)(H,84,85)(H,86,87)/t53-,57?,58-,59?,60+,61+,62-,63+,67?,69?,70?/m1/s1. The minimum Gasteiger partial charge on any atom is -0.480 e. The van der Waals surface area contributed by atoms with E-state index in [4.69, 9.17) is 33.2 Å². The number of amides is 6. The second-order valence-corrected chi connectivity index (χ2v) is 28.1. The van der Waals surface area contributed by atoms with Gasteiger partial charge in [0.15, 0.2) is 0 Å². The zero-order valence-corrected chi connectivity index (χ0v) is 59.4. The van der Waals surface area contributed by atoms with Crippen molar-refractivity contribution in [1.82, 2.24) is 46.2 Å². The third kappa shape index (κ3) is 29.6. The first-order valence-electron chi connectivity index (χ1n) is 36.5. The number of carboxylic acid groups (broad SMARTS) is 2. The van der Waals surface area contributed by atoms with Gasteiger partial charge in [0.05, 0.1) is 90.8 Å². The summed E-state index contributed by atoms with van der Waals surface area (Å²) in [4.78, 5) is 92.1. The molecular formula is C70H127N9O16. The summed E-state index contributed by atoms with van der Waals surface area (Å²) in [6, 6.07) is -0.0535. The van der Waals surface area contributed by atoms with Crippen LogP contribution in [0.5, 0.6) is 0 Å². The fourth-order valence-electron chi connectivity index (χ4n) is 16.2. The van der Waals surface area contributed by atoms with Crippen molar-refractivity contribution in [2.45, 2.75) is 182 Å². The van der Waals surface area contributed by atoms with Gasteiger partial charge < -0.3 is 74.9 Å². The average molecular weight is 1350 g/mol. The Balaban J connectivity index is 1.06. The normalized spacial score (nSPS) is 26.0. The van der Waals surface area contributed by atoms with Gasteiger partial charge >= 0.3 is 18.0 Å². The molecule has 25 heteroatoms. The topological polar surface area (TPSA) is 298 Å². The van der Waals surface area contributed by atoms with Crippen LogP contribution in [0.15, 0.2) is 0 Å². The van der Waals surface area contributed by atoms with E-state index in [9.17, 15) is 43.8 Å². The molecule has 0 aromatic heterocycles. The van der Waals surface area contributed by atoms with Gasteiger partial charge in [-0.05, 0) is 124 Å². The van der Waals surface area contributed by atoms with Gasteiger partial charge in [-0.25, -0.2) is 4.79 Å². The van der Waals surface area contributed by atoms with Crippen molar-refractivity contribution in [2.75, 3.05) is 177 Å². The summed E-state index contributed by atoms with van der Waals surface area (Å²) in [5, 5.41) is 33.5. The number of unbranched alkanes of at least 4 members (excludes halogenated alkanes) is 5. The third-order valence-corrected chi connectivity index (χ3v) is 21.2. The minimum atomic E-state index is -0.953. The van der Waals surface area contributed by atoms with Crippen LogP contribution < -0.4 is 26.6 Å². The lowest BCUT2D eigenvalue weighted by atomic mass is 9.43. The summed E-state index contributed by atoms with van der Waals surface area (Å²) in [7, 11) is 0. The number of carbonyl (C=O) groups is 7. The zero-order chi connectivity index (χ0) is 68.9. The number of fused-ring (bicyclic) bond motifs is 5. The highest BCUT2D eigenvalue weighted by Crippen LogP contribution is 2.69. The second-order valence-electron chi connectivity index (χ2n) is 28.1. The van der Waals surface area contributed by atoms with Crippen molar-refractivity contribution in [3.05, 3.63) is 0 Å². The summed E-state index contributed by atoms with van der Waals surface area (Å²) in [5.74, 6) is 0.243. The SMILES string of the molecule is CCCCCCCCN(CCC[C@@H](C)C1CC[C@H]2C3[C@H](OCCCNC(C)=O)CC4C[C@H](OCCCNC(C)=O)CCC4(C)[C@H]3C[C@H](OCCCNC(C)=O)C12C)C(=O)NCCOCCOCCOCCOCCNC(=O)CN1CCN(CC(=O)O)CCN(CC(=O)O)CC1. The summed E-state index contributed by atoms with van der Waals surface area (Å²) < 4.78 is 43.7. The molecule has 5 unspecified atom stereocenters. The van der Waals surface area contributed by atoms with E-state index >= 15 is 0 Å². The first-order valence-corrected chi connectivity index (χ1v) is 36.5. The molecule has 5 aliphatic rings. The third-order valence-electron chi connectivity index (χ3n) is 21.2. The molecule has 7 N–H and O–H groups in total. The van der Waals surface area contributed by atoms with Crippen molar-refractivity contribution in [2.24, 2.45) is 46.3 Å². The van der Waals surface area contributed by atoms with Crippen molar-refractivity contribution >= 4 is 41.6 Å². The van der Waals surface area contributed by atoms with Crippen LogP contribution in [-0.2, 0) is 61.9 Å². The van der Waals surface area contributed by atoms with E-state index in [1.165, 1.54) is 25.7 Å². The van der Waals surface area contributed by atoms with E-state index in [1.54, 1.807) is 30.6 Å². The number of aliphatic carboxylic acids is 2. The Morgan fingerprint density at radius 2 is 1.01 bits per heavy atom.